The van der Waals surface area contributed by atoms with Gasteiger partial charge in [0.1, 0.15) is 6.10 Å². The molecule has 21 heavy (non-hydrogen) atoms. The molecule has 1 heterocycles. The van der Waals surface area contributed by atoms with Crippen LogP contribution in [-0.2, 0) is 4.74 Å². The van der Waals surface area contributed by atoms with E-state index in [1.807, 2.05) is 0 Å². The lowest BCUT2D eigenvalue weighted by molar-refractivity contribution is -0.384. The second-order valence-corrected chi connectivity index (χ2v) is 5.18. The summed E-state index contributed by atoms with van der Waals surface area (Å²) in [5.74, 6) is -0.583. The summed E-state index contributed by atoms with van der Waals surface area (Å²) in [6, 6.07) is 7.40. The Hall–Kier alpha value is -2.46. The predicted octanol–water partition coefficient (Wildman–Crippen LogP) is 1.64. The Morgan fingerprint density at radius 3 is 2.76 bits per heavy atom. The third kappa shape index (κ3) is 3.17. The van der Waals surface area contributed by atoms with Gasteiger partial charge in [0.25, 0.3) is 5.69 Å². The highest BCUT2D eigenvalue weighted by molar-refractivity contribution is 5.89. The second-order valence-electron chi connectivity index (χ2n) is 5.18. The van der Waals surface area contributed by atoms with Crippen LogP contribution in [0.3, 0.4) is 0 Å². The topological polar surface area (TPSA) is 105 Å². The van der Waals surface area contributed by atoms with Gasteiger partial charge in [-0.2, -0.15) is 5.26 Å². The number of non-ortho nitro benzene ring substituents is 1. The van der Waals surface area contributed by atoms with Gasteiger partial charge in [0.05, 0.1) is 22.0 Å². The smallest absolute Gasteiger partial charge is 0.338 e. The third-order valence-corrected chi connectivity index (χ3v) is 3.68. The first kappa shape index (κ1) is 14.9. The highest BCUT2D eigenvalue weighted by Gasteiger charge is 2.39. The molecule has 1 N–H and O–H groups in total. The van der Waals surface area contributed by atoms with E-state index in [1.54, 1.807) is 6.92 Å². The Labute approximate surface area is 121 Å². The SMILES string of the molecule is CC1(C#N)CCNCC1OC(=O)c1ccc([N+](=O)[O-])cc1. The first-order valence-corrected chi connectivity index (χ1v) is 6.54. The number of piperidine rings is 1. The molecule has 1 aliphatic rings. The molecule has 7 nitrogen and oxygen atoms in total. The second kappa shape index (κ2) is 5.89. The molecule has 110 valence electrons. The number of carbonyl (C=O) groups is 1. The number of esters is 1. The Balaban J connectivity index is 2.10. The Bertz CT molecular complexity index is 593. The van der Waals surface area contributed by atoms with E-state index in [0.717, 1.165) is 0 Å². The van der Waals surface area contributed by atoms with Crippen LogP contribution in [0.2, 0.25) is 0 Å². The minimum Gasteiger partial charge on any atom is -0.456 e. The van der Waals surface area contributed by atoms with Crippen molar-refractivity contribution in [1.82, 2.24) is 5.32 Å². The van der Waals surface area contributed by atoms with Crippen LogP contribution in [0.5, 0.6) is 0 Å². The molecule has 0 bridgehead atoms. The third-order valence-electron chi connectivity index (χ3n) is 3.68. The van der Waals surface area contributed by atoms with E-state index < -0.39 is 22.4 Å². The molecule has 2 unspecified atom stereocenters. The summed E-state index contributed by atoms with van der Waals surface area (Å²) in [5, 5.41) is 22.9. The van der Waals surface area contributed by atoms with Gasteiger partial charge in [0.15, 0.2) is 0 Å². The van der Waals surface area contributed by atoms with Gasteiger partial charge < -0.3 is 10.1 Å². The van der Waals surface area contributed by atoms with Crippen molar-refractivity contribution in [3.05, 3.63) is 39.9 Å². The van der Waals surface area contributed by atoms with Crippen molar-refractivity contribution in [1.29, 1.82) is 5.26 Å². The van der Waals surface area contributed by atoms with Crippen molar-refractivity contribution in [2.24, 2.45) is 5.41 Å². The Morgan fingerprint density at radius 2 is 2.19 bits per heavy atom. The van der Waals surface area contributed by atoms with Crippen LogP contribution in [-0.4, -0.2) is 30.1 Å². The normalized spacial score (nSPS) is 24.9. The molecule has 1 fully saturated rings. The van der Waals surface area contributed by atoms with Crippen molar-refractivity contribution in [2.75, 3.05) is 13.1 Å². The number of nitrogens with zero attached hydrogens (tertiary/aromatic N) is 2. The zero-order valence-electron chi connectivity index (χ0n) is 11.5. The molecule has 0 aromatic heterocycles. The summed E-state index contributed by atoms with van der Waals surface area (Å²) in [7, 11) is 0. The number of nitro groups is 1. The van der Waals surface area contributed by atoms with E-state index in [9.17, 15) is 20.2 Å². The van der Waals surface area contributed by atoms with Gasteiger partial charge in [-0.15, -0.1) is 0 Å². The molecule has 1 aromatic carbocycles. The summed E-state index contributed by atoms with van der Waals surface area (Å²) >= 11 is 0. The summed E-state index contributed by atoms with van der Waals surface area (Å²) in [6.45, 7) is 2.89. The summed E-state index contributed by atoms with van der Waals surface area (Å²) in [5.41, 5.74) is -0.582. The molecule has 7 heteroatoms. The highest BCUT2D eigenvalue weighted by atomic mass is 16.6. The fraction of sp³-hybridized carbons (Fsp3) is 0.429. The number of benzene rings is 1. The van der Waals surface area contributed by atoms with Crippen LogP contribution in [0.25, 0.3) is 0 Å². The fourth-order valence-electron chi connectivity index (χ4n) is 2.18. The average molecular weight is 289 g/mol. The van der Waals surface area contributed by atoms with Crippen LogP contribution < -0.4 is 5.32 Å². The van der Waals surface area contributed by atoms with Gasteiger partial charge in [0, 0.05) is 18.7 Å². The summed E-state index contributed by atoms with van der Waals surface area (Å²) in [6.07, 6.45) is 0.0563. The molecule has 2 rings (SSSR count). The van der Waals surface area contributed by atoms with Gasteiger partial charge >= 0.3 is 5.97 Å². The molecule has 0 amide bonds. The van der Waals surface area contributed by atoms with Gasteiger partial charge in [-0.05, 0) is 32.0 Å². The minimum atomic E-state index is -0.721. The molecule has 0 spiro atoms. The average Bonchev–Trinajstić information content (AvgIpc) is 2.49. The number of nitro benzene ring substituents is 1. The lowest BCUT2D eigenvalue weighted by Gasteiger charge is -2.35. The maximum atomic E-state index is 12.1. The molecular formula is C14H15N3O4. The van der Waals surface area contributed by atoms with E-state index in [2.05, 4.69) is 11.4 Å². The largest absolute Gasteiger partial charge is 0.456 e. The van der Waals surface area contributed by atoms with Gasteiger partial charge in [-0.1, -0.05) is 0 Å². The van der Waals surface area contributed by atoms with Crippen molar-refractivity contribution in [3.8, 4) is 6.07 Å². The van der Waals surface area contributed by atoms with Gasteiger partial charge in [-0.25, -0.2) is 4.79 Å². The molecule has 1 saturated heterocycles. The van der Waals surface area contributed by atoms with Crippen LogP contribution >= 0.6 is 0 Å². The quantitative estimate of drug-likeness (QED) is 0.515. The van der Waals surface area contributed by atoms with Crippen LogP contribution in [0.4, 0.5) is 5.69 Å². The minimum absolute atomic E-state index is 0.0900. The zero-order valence-corrected chi connectivity index (χ0v) is 11.5. The molecule has 0 radical (unpaired) electrons. The standard InChI is InChI=1S/C14H15N3O4/c1-14(9-15)6-7-16-8-12(14)21-13(18)10-2-4-11(5-3-10)17(19)20/h2-5,12,16H,6-8H2,1H3. The molecule has 0 aliphatic carbocycles. The summed E-state index contributed by atoms with van der Waals surface area (Å²) in [4.78, 5) is 22.1. The Kier molecular flexibility index (Phi) is 4.19. The van der Waals surface area contributed by atoms with E-state index in [0.29, 0.717) is 19.5 Å². The van der Waals surface area contributed by atoms with Crippen LogP contribution in [0.15, 0.2) is 24.3 Å². The molecule has 0 saturated carbocycles. The van der Waals surface area contributed by atoms with E-state index in [4.69, 9.17) is 4.74 Å². The first-order chi connectivity index (χ1) is 9.96. The molecule has 1 aromatic rings. The number of hydrogen-bond acceptors (Lipinski definition) is 6. The molecule has 1 aliphatic heterocycles. The number of nitrogens with one attached hydrogen (secondary N) is 1. The lowest BCUT2D eigenvalue weighted by Crippen LogP contribution is -2.49. The van der Waals surface area contributed by atoms with Crippen LogP contribution in [0.1, 0.15) is 23.7 Å². The lowest BCUT2D eigenvalue weighted by atomic mass is 9.80. The van der Waals surface area contributed by atoms with Crippen molar-refractivity contribution < 1.29 is 14.5 Å². The highest BCUT2D eigenvalue weighted by Crippen LogP contribution is 2.30. The fourth-order valence-corrected chi connectivity index (χ4v) is 2.18. The number of nitriles is 1. The zero-order chi connectivity index (χ0) is 15.5. The maximum absolute atomic E-state index is 12.1. The van der Waals surface area contributed by atoms with Crippen LogP contribution in [0, 0.1) is 26.9 Å². The summed E-state index contributed by atoms with van der Waals surface area (Å²) < 4.78 is 5.39. The molecule has 2 atom stereocenters. The van der Waals surface area contributed by atoms with E-state index >= 15 is 0 Å². The monoisotopic (exact) mass is 289 g/mol. The number of hydrogen-bond donors (Lipinski definition) is 1. The van der Waals surface area contributed by atoms with Crippen molar-refractivity contribution in [2.45, 2.75) is 19.4 Å². The number of rotatable bonds is 3. The Morgan fingerprint density at radius 1 is 1.52 bits per heavy atom. The van der Waals surface area contributed by atoms with Gasteiger partial charge in [-0.3, -0.25) is 10.1 Å². The number of carbonyl (C=O) groups excluding carboxylic acids is 1. The molecular weight excluding hydrogens is 274 g/mol. The van der Waals surface area contributed by atoms with Crippen molar-refractivity contribution in [3.63, 3.8) is 0 Å². The number of ether oxygens (including phenoxy) is 1. The predicted molar refractivity (Wildman–Crippen MR) is 73.5 cm³/mol. The van der Waals surface area contributed by atoms with Gasteiger partial charge in [0.2, 0.25) is 0 Å². The maximum Gasteiger partial charge on any atom is 0.338 e. The van der Waals surface area contributed by atoms with E-state index in [-0.39, 0.29) is 11.3 Å². The van der Waals surface area contributed by atoms with Crippen molar-refractivity contribution >= 4 is 11.7 Å². The first-order valence-electron chi connectivity index (χ1n) is 6.54. The van der Waals surface area contributed by atoms with E-state index in [1.165, 1.54) is 24.3 Å².